The highest BCUT2D eigenvalue weighted by molar-refractivity contribution is 7.84. The number of fused-ring (bicyclic) bond motifs is 2. The Morgan fingerprint density at radius 3 is 2.42 bits per heavy atom. The lowest BCUT2D eigenvalue weighted by Gasteiger charge is -2.42. The molecule has 3 heterocycles. The summed E-state index contributed by atoms with van der Waals surface area (Å²) in [5, 5.41) is 13.8. The summed E-state index contributed by atoms with van der Waals surface area (Å²) in [4.78, 5) is 21.1. The molecule has 0 spiro atoms. The molecule has 31 heavy (non-hydrogen) atoms. The van der Waals surface area contributed by atoms with Crippen LogP contribution in [0.25, 0.3) is 0 Å². The highest BCUT2D eigenvalue weighted by Gasteiger charge is 2.45. The van der Waals surface area contributed by atoms with Crippen molar-refractivity contribution in [2.45, 2.75) is 48.5 Å². The van der Waals surface area contributed by atoms with Crippen LogP contribution in [0.2, 0.25) is 5.02 Å². The molecule has 8 nitrogen and oxygen atoms in total. The Bertz CT molecular complexity index is 967. The largest absolute Gasteiger partial charge is 0.394 e. The Hall–Kier alpha value is -1.84. The molecule has 3 aliphatic rings. The van der Waals surface area contributed by atoms with E-state index in [4.69, 9.17) is 16.6 Å². The lowest BCUT2D eigenvalue weighted by molar-refractivity contribution is 0.143. The summed E-state index contributed by atoms with van der Waals surface area (Å²) in [6.45, 7) is 1.72. The number of aliphatic hydroxyl groups is 1. The number of hydrogen-bond acceptors (Lipinski definition) is 8. The maximum Gasteiger partial charge on any atom is 0.227 e. The standard InChI is InChI=1S/C21H27ClN6O2S/c1-31(30)16-9-25-20(26-18(16)27-21(12-29)5-2-6-21)28-10-13-3-4-14(11-28)17(13)19-23-7-15(22)8-24-19/h7-9,13-14,17,29H,2-6,10-12H2,1H3,(H,25,26,27). The van der Waals surface area contributed by atoms with E-state index >= 15 is 0 Å². The van der Waals surface area contributed by atoms with E-state index in [9.17, 15) is 9.32 Å². The van der Waals surface area contributed by atoms with Crippen molar-refractivity contribution in [1.29, 1.82) is 0 Å². The molecule has 1 aliphatic heterocycles. The van der Waals surface area contributed by atoms with Crippen molar-refractivity contribution in [3.8, 4) is 0 Å². The summed E-state index contributed by atoms with van der Waals surface area (Å²) in [7, 11) is -1.22. The van der Waals surface area contributed by atoms with Crippen LogP contribution in [0.4, 0.5) is 11.8 Å². The second-order valence-electron chi connectivity index (χ2n) is 9.04. The normalized spacial score (nSPS) is 27.6. The third kappa shape index (κ3) is 3.91. The van der Waals surface area contributed by atoms with Gasteiger partial charge in [0.15, 0.2) is 0 Å². The van der Waals surface area contributed by atoms with Crippen LogP contribution in [0.1, 0.15) is 43.8 Å². The smallest absolute Gasteiger partial charge is 0.227 e. The van der Waals surface area contributed by atoms with Crippen LogP contribution >= 0.6 is 11.6 Å². The van der Waals surface area contributed by atoms with Crippen molar-refractivity contribution in [2.24, 2.45) is 11.8 Å². The van der Waals surface area contributed by atoms with E-state index in [-0.39, 0.29) is 12.1 Å². The Labute approximate surface area is 189 Å². The predicted molar refractivity (Wildman–Crippen MR) is 120 cm³/mol. The lowest BCUT2D eigenvalue weighted by Crippen LogP contribution is -2.49. The van der Waals surface area contributed by atoms with Gasteiger partial charge in [-0.05, 0) is 43.9 Å². The van der Waals surface area contributed by atoms with Crippen LogP contribution in [0.5, 0.6) is 0 Å². The van der Waals surface area contributed by atoms with Gasteiger partial charge in [-0.25, -0.2) is 15.0 Å². The molecular weight excluding hydrogens is 436 g/mol. The minimum atomic E-state index is -1.22. The first-order valence-corrected chi connectivity index (χ1v) is 12.7. The van der Waals surface area contributed by atoms with Crippen LogP contribution in [-0.4, -0.2) is 60.7 Å². The molecule has 3 fully saturated rings. The number of aromatic nitrogens is 4. The van der Waals surface area contributed by atoms with Crippen LogP contribution in [0.15, 0.2) is 23.5 Å². The Balaban J connectivity index is 1.39. The number of anilines is 2. The third-order valence-electron chi connectivity index (χ3n) is 7.10. The molecule has 166 valence electrons. The predicted octanol–water partition coefficient (Wildman–Crippen LogP) is 2.61. The van der Waals surface area contributed by atoms with Crippen LogP contribution in [0.3, 0.4) is 0 Å². The molecule has 2 saturated carbocycles. The monoisotopic (exact) mass is 462 g/mol. The van der Waals surface area contributed by atoms with E-state index < -0.39 is 10.8 Å². The van der Waals surface area contributed by atoms with E-state index in [2.05, 4.69) is 25.2 Å². The number of hydrogen-bond donors (Lipinski definition) is 2. The molecular formula is C21H27ClN6O2S. The van der Waals surface area contributed by atoms with Gasteiger partial charge in [0.1, 0.15) is 11.6 Å². The number of nitrogens with zero attached hydrogens (tertiary/aromatic N) is 5. The molecule has 2 aromatic heterocycles. The third-order valence-corrected chi connectivity index (χ3v) is 8.22. The average Bonchev–Trinajstić information content (AvgIpc) is 3.00. The first kappa shape index (κ1) is 21.0. The minimum Gasteiger partial charge on any atom is -0.394 e. The summed E-state index contributed by atoms with van der Waals surface area (Å²) in [6, 6.07) is 0. The summed E-state index contributed by atoms with van der Waals surface area (Å²) in [6.07, 6.45) is 11.8. The van der Waals surface area contributed by atoms with Crippen molar-refractivity contribution >= 4 is 34.2 Å². The van der Waals surface area contributed by atoms with Gasteiger partial charge in [-0.1, -0.05) is 11.6 Å². The number of piperidine rings is 1. The molecule has 2 N–H and O–H groups in total. The van der Waals surface area contributed by atoms with Gasteiger partial charge in [-0.2, -0.15) is 4.98 Å². The van der Waals surface area contributed by atoms with E-state index in [1.807, 2.05) is 0 Å². The van der Waals surface area contributed by atoms with Gasteiger partial charge in [0, 0.05) is 37.7 Å². The Morgan fingerprint density at radius 2 is 1.87 bits per heavy atom. The molecule has 2 aliphatic carbocycles. The van der Waals surface area contributed by atoms with E-state index in [0.717, 1.165) is 51.0 Å². The Kier molecular flexibility index (Phi) is 5.60. The van der Waals surface area contributed by atoms with Crippen LogP contribution in [-0.2, 0) is 10.8 Å². The summed E-state index contributed by atoms with van der Waals surface area (Å²) < 4.78 is 12.3. The molecule has 0 amide bonds. The number of halogens is 1. The average molecular weight is 463 g/mol. The summed E-state index contributed by atoms with van der Waals surface area (Å²) in [5.74, 6) is 3.32. The fourth-order valence-electron chi connectivity index (χ4n) is 5.29. The van der Waals surface area contributed by atoms with Gasteiger partial charge >= 0.3 is 0 Å². The van der Waals surface area contributed by atoms with Crippen LogP contribution in [0, 0.1) is 11.8 Å². The molecule has 3 atom stereocenters. The summed E-state index contributed by atoms with van der Waals surface area (Å²) in [5.41, 5.74) is -0.363. The molecule has 5 rings (SSSR count). The topological polar surface area (TPSA) is 104 Å². The van der Waals surface area contributed by atoms with Crippen molar-refractivity contribution in [3.63, 3.8) is 0 Å². The number of rotatable bonds is 6. The first-order valence-electron chi connectivity index (χ1n) is 10.8. The zero-order valence-corrected chi connectivity index (χ0v) is 19.1. The molecule has 2 bridgehead atoms. The lowest BCUT2D eigenvalue weighted by atomic mass is 9.77. The Morgan fingerprint density at radius 1 is 1.19 bits per heavy atom. The van der Waals surface area contributed by atoms with Crippen molar-refractivity contribution < 1.29 is 9.32 Å². The number of nitrogens with one attached hydrogen (secondary N) is 1. The van der Waals surface area contributed by atoms with E-state index in [1.54, 1.807) is 24.8 Å². The van der Waals surface area contributed by atoms with Gasteiger partial charge in [0.2, 0.25) is 5.95 Å². The second kappa shape index (κ2) is 8.26. The molecule has 0 aromatic carbocycles. The zero-order chi connectivity index (χ0) is 21.6. The minimum absolute atomic E-state index is 0.0404. The van der Waals surface area contributed by atoms with Crippen molar-refractivity contribution in [3.05, 3.63) is 29.4 Å². The quantitative estimate of drug-likeness (QED) is 0.675. The second-order valence-corrected chi connectivity index (χ2v) is 10.8. The number of aliphatic hydroxyl groups excluding tert-OH is 1. The van der Waals surface area contributed by atoms with Crippen molar-refractivity contribution in [1.82, 2.24) is 19.9 Å². The van der Waals surface area contributed by atoms with Crippen LogP contribution < -0.4 is 10.2 Å². The van der Waals surface area contributed by atoms with Crippen molar-refractivity contribution in [2.75, 3.05) is 36.2 Å². The molecule has 10 heteroatoms. The molecule has 1 saturated heterocycles. The molecule has 2 aromatic rings. The summed E-state index contributed by atoms with van der Waals surface area (Å²) >= 11 is 5.97. The van der Waals surface area contributed by atoms with Gasteiger partial charge in [-0.3, -0.25) is 4.21 Å². The molecule has 0 radical (unpaired) electrons. The van der Waals surface area contributed by atoms with Gasteiger partial charge in [0.05, 0.1) is 39.1 Å². The van der Waals surface area contributed by atoms with E-state index in [0.29, 0.717) is 39.4 Å². The van der Waals surface area contributed by atoms with E-state index in [1.165, 1.54) is 0 Å². The maximum absolute atomic E-state index is 12.3. The highest BCUT2D eigenvalue weighted by atomic mass is 35.5. The fourth-order valence-corrected chi connectivity index (χ4v) is 5.96. The zero-order valence-electron chi connectivity index (χ0n) is 17.5. The highest BCUT2D eigenvalue weighted by Crippen LogP contribution is 2.47. The van der Waals surface area contributed by atoms with Gasteiger partial charge < -0.3 is 15.3 Å². The molecule has 3 unspecified atom stereocenters. The maximum atomic E-state index is 12.3. The van der Waals surface area contributed by atoms with Gasteiger partial charge in [0.25, 0.3) is 0 Å². The SMILES string of the molecule is CS(=O)c1cnc(N2CC3CCC(C2)C3c2ncc(Cl)cn2)nc1NC1(CO)CCC1. The fraction of sp³-hybridized carbons (Fsp3) is 0.619. The van der Waals surface area contributed by atoms with Gasteiger partial charge in [-0.15, -0.1) is 0 Å². The first-order chi connectivity index (χ1) is 15.0.